The van der Waals surface area contributed by atoms with Crippen molar-refractivity contribution in [1.82, 2.24) is 9.38 Å². The van der Waals surface area contributed by atoms with Crippen LogP contribution in [0.5, 0.6) is 5.75 Å². The van der Waals surface area contributed by atoms with Crippen LogP contribution in [0, 0.1) is 0 Å². The number of fused-ring (bicyclic) bond motifs is 1. The number of aldehydes is 1. The van der Waals surface area contributed by atoms with Crippen LogP contribution in [0.15, 0.2) is 18.5 Å². The topological polar surface area (TPSA) is 43.6 Å². The van der Waals surface area contributed by atoms with E-state index < -0.39 is 11.9 Å². The SMILES string of the molecule is COc1cc(C=O)cn2cc(C(F)(F)F)nc12. The van der Waals surface area contributed by atoms with Crippen molar-refractivity contribution < 1.29 is 22.7 Å². The Hall–Kier alpha value is -2.05. The van der Waals surface area contributed by atoms with Gasteiger partial charge in [-0.2, -0.15) is 13.2 Å². The molecule has 0 N–H and O–H groups in total. The Morgan fingerprint density at radius 1 is 1.41 bits per heavy atom. The van der Waals surface area contributed by atoms with E-state index in [1.54, 1.807) is 0 Å². The summed E-state index contributed by atoms with van der Waals surface area (Å²) in [4.78, 5) is 14.0. The number of pyridine rings is 1. The minimum atomic E-state index is -4.53. The van der Waals surface area contributed by atoms with Gasteiger partial charge in [0.15, 0.2) is 23.4 Å². The van der Waals surface area contributed by atoms with E-state index in [1.807, 2.05) is 0 Å². The molecule has 17 heavy (non-hydrogen) atoms. The number of rotatable bonds is 2. The van der Waals surface area contributed by atoms with Crippen LogP contribution in [-0.2, 0) is 6.18 Å². The fourth-order valence-electron chi connectivity index (χ4n) is 1.44. The molecule has 0 bridgehead atoms. The van der Waals surface area contributed by atoms with E-state index in [0.29, 0.717) is 6.29 Å². The maximum Gasteiger partial charge on any atom is 0.434 e. The Labute approximate surface area is 93.6 Å². The molecule has 0 radical (unpaired) electrons. The molecule has 0 fully saturated rings. The minimum Gasteiger partial charge on any atom is -0.493 e. The third-order valence-electron chi connectivity index (χ3n) is 2.19. The summed E-state index contributed by atoms with van der Waals surface area (Å²) in [6, 6.07) is 1.33. The number of hydrogen-bond acceptors (Lipinski definition) is 3. The van der Waals surface area contributed by atoms with E-state index in [0.717, 1.165) is 10.6 Å². The number of hydrogen-bond donors (Lipinski definition) is 0. The predicted molar refractivity (Wildman–Crippen MR) is 52.1 cm³/mol. The van der Waals surface area contributed by atoms with Crippen molar-refractivity contribution in [2.75, 3.05) is 7.11 Å². The van der Waals surface area contributed by atoms with Gasteiger partial charge in [0.25, 0.3) is 0 Å². The van der Waals surface area contributed by atoms with E-state index >= 15 is 0 Å². The second-order valence-electron chi connectivity index (χ2n) is 3.31. The van der Waals surface area contributed by atoms with E-state index in [2.05, 4.69) is 4.98 Å². The van der Waals surface area contributed by atoms with Crippen molar-refractivity contribution in [2.45, 2.75) is 6.18 Å². The molecule has 2 aromatic heterocycles. The number of halogens is 3. The highest BCUT2D eigenvalue weighted by atomic mass is 19.4. The van der Waals surface area contributed by atoms with E-state index in [4.69, 9.17) is 4.74 Å². The van der Waals surface area contributed by atoms with Gasteiger partial charge in [-0.15, -0.1) is 0 Å². The molecule has 0 aliphatic carbocycles. The van der Waals surface area contributed by atoms with Gasteiger partial charge in [0.05, 0.1) is 7.11 Å². The molecule has 4 nitrogen and oxygen atoms in total. The summed E-state index contributed by atoms with van der Waals surface area (Å²) in [5.41, 5.74) is -0.801. The van der Waals surface area contributed by atoms with E-state index in [9.17, 15) is 18.0 Å². The third-order valence-corrected chi connectivity index (χ3v) is 2.19. The molecular formula is C10H7F3N2O2. The molecular weight excluding hydrogens is 237 g/mol. The maximum atomic E-state index is 12.5. The van der Waals surface area contributed by atoms with Gasteiger partial charge >= 0.3 is 6.18 Å². The molecule has 0 unspecified atom stereocenters. The Morgan fingerprint density at radius 3 is 2.65 bits per heavy atom. The minimum absolute atomic E-state index is 0.0189. The molecule has 2 rings (SSSR count). The second-order valence-corrected chi connectivity index (χ2v) is 3.31. The van der Waals surface area contributed by atoms with Crippen LogP contribution < -0.4 is 4.74 Å². The molecule has 0 atom stereocenters. The highest BCUT2D eigenvalue weighted by molar-refractivity contribution is 5.77. The van der Waals surface area contributed by atoms with Crippen LogP contribution in [0.4, 0.5) is 13.2 Å². The van der Waals surface area contributed by atoms with Gasteiger partial charge in [-0.3, -0.25) is 4.79 Å². The molecule has 90 valence electrons. The lowest BCUT2D eigenvalue weighted by atomic mass is 10.3. The first-order valence-corrected chi connectivity index (χ1v) is 4.55. The molecule has 0 aliphatic rings. The number of carbonyl (C=O) groups excluding carboxylic acids is 1. The first-order chi connectivity index (χ1) is 7.95. The van der Waals surface area contributed by atoms with Crippen LogP contribution >= 0.6 is 0 Å². The molecule has 0 aromatic carbocycles. The lowest BCUT2D eigenvalue weighted by Gasteiger charge is -2.02. The van der Waals surface area contributed by atoms with Gasteiger partial charge in [0, 0.05) is 18.0 Å². The van der Waals surface area contributed by atoms with Crippen molar-refractivity contribution in [3.05, 3.63) is 29.7 Å². The largest absolute Gasteiger partial charge is 0.493 e. The number of methoxy groups -OCH3 is 1. The van der Waals surface area contributed by atoms with E-state index in [1.165, 1.54) is 19.4 Å². The number of carbonyl (C=O) groups is 1. The Morgan fingerprint density at radius 2 is 2.12 bits per heavy atom. The van der Waals surface area contributed by atoms with Gasteiger partial charge in [0.1, 0.15) is 0 Å². The molecule has 0 spiro atoms. The van der Waals surface area contributed by atoms with Crippen molar-refractivity contribution in [2.24, 2.45) is 0 Å². The molecule has 2 aromatic rings. The Balaban J connectivity index is 2.71. The van der Waals surface area contributed by atoms with E-state index in [-0.39, 0.29) is 17.0 Å². The van der Waals surface area contributed by atoms with Gasteiger partial charge in [0.2, 0.25) is 0 Å². The van der Waals surface area contributed by atoms with Crippen molar-refractivity contribution >= 4 is 11.9 Å². The highest BCUT2D eigenvalue weighted by Gasteiger charge is 2.34. The number of aromatic nitrogens is 2. The van der Waals surface area contributed by atoms with Crippen molar-refractivity contribution in [3.8, 4) is 5.75 Å². The standard InChI is InChI=1S/C10H7F3N2O2/c1-17-7-2-6(5-16)3-15-4-8(10(11,12)13)14-9(7)15/h2-5H,1H3. The molecule has 7 heteroatoms. The van der Waals surface area contributed by atoms with Gasteiger partial charge < -0.3 is 9.14 Å². The molecule has 0 amide bonds. The summed E-state index contributed by atoms with van der Waals surface area (Å²) in [7, 11) is 1.30. The predicted octanol–water partition coefficient (Wildman–Crippen LogP) is 2.17. The number of nitrogens with zero attached hydrogens (tertiary/aromatic N) is 2. The zero-order chi connectivity index (χ0) is 12.6. The zero-order valence-corrected chi connectivity index (χ0v) is 8.65. The first kappa shape index (κ1) is 11.4. The van der Waals surface area contributed by atoms with Crippen molar-refractivity contribution in [1.29, 1.82) is 0 Å². The fraction of sp³-hybridized carbons (Fsp3) is 0.200. The summed E-state index contributed by atoms with van der Waals surface area (Å²) in [5.74, 6) is 0.116. The van der Waals surface area contributed by atoms with Crippen LogP contribution in [0.3, 0.4) is 0 Å². The quantitative estimate of drug-likeness (QED) is 0.760. The van der Waals surface area contributed by atoms with Crippen LogP contribution in [0.1, 0.15) is 16.1 Å². The summed E-state index contributed by atoms with van der Waals surface area (Å²) in [5, 5.41) is 0. The smallest absolute Gasteiger partial charge is 0.434 e. The average Bonchev–Trinajstić information content (AvgIpc) is 2.70. The molecule has 0 saturated carbocycles. The van der Waals surface area contributed by atoms with Crippen LogP contribution in [-0.4, -0.2) is 22.8 Å². The molecule has 2 heterocycles. The normalized spacial score (nSPS) is 11.8. The fourth-order valence-corrected chi connectivity index (χ4v) is 1.44. The number of imidazole rings is 1. The van der Waals surface area contributed by atoms with Crippen LogP contribution in [0.2, 0.25) is 0 Å². The number of ether oxygens (including phenoxy) is 1. The lowest BCUT2D eigenvalue weighted by molar-refractivity contribution is -0.140. The molecule has 0 aliphatic heterocycles. The third kappa shape index (κ3) is 1.95. The van der Waals surface area contributed by atoms with Gasteiger partial charge in [-0.1, -0.05) is 0 Å². The summed E-state index contributed by atoms with van der Waals surface area (Å²) < 4.78 is 43.4. The number of alkyl halides is 3. The average molecular weight is 244 g/mol. The molecule has 0 saturated heterocycles. The highest BCUT2D eigenvalue weighted by Crippen LogP contribution is 2.30. The lowest BCUT2D eigenvalue weighted by Crippen LogP contribution is -2.04. The first-order valence-electron chi connectivity index (χ1n) is 4.55. The van der Waals surface area contributed by atoms with Gasteiger partial charge in [-0.05, 0) is 6.07 Å². The zero-order valence-electron chi connectivity index (χ0n) is 8.65. The van der Waals surface area contributed by atoms with Crippen LogP contribution in [0.25, 0.3) is 5.65 Å². The Bertz CT molecular complexity index is 575. The summed E-state index contributed by atoms with van der Waals surface area (Å²) in [6.07, 6.45) is -1.94. The van der Waals surface area contributed by atoms with Crippen molar-refractivity contribution in [3.63, 3.8) is 0 Å². The summed E-state index contributed by atoms with van der Waals surface area (Å²) >= 11 is 0. The Kier molecular flexibility index (Phi) is 2.53. The monoisotopic (exact) mass is 244 g/mol. The summed E-state index contributed by atoms with van der Waals surface area (Å²) in [6.45, 7) is 0. The maximum absolute atomic E-state index is 12.5. The van der Waals surface area contributed by atoms with Gasteiger partial charge in [-0.25, -0.2) is 4.98 Å². The second kappa shape index (κ2) is 3.76.